The second kappa shape index (κ2) is 8.19. The van der Waals surface area contributed by atoms with E-state index in [2.05, 4.69) is 20.5 Å². The molecule has 1 aromatic rings. The topological polar surface area (TPSA) is 56.7 Å². The van der Waals surface area contributed by atoms with Gasteiger partial charge in [-0.2, -0.15) is 0 Å². The van der Waals surface area contributed by atoms with Gasteiger partial charge in [-0.25, -0.2) is 13.2 Å². The number of carbonyl (C=O) groups is 1. The molecular weight excluding hydrogens is 357 g/mol. The molecule has 1 saturated carbocycles. The number of carbonyl (C=O) groups excluding carboxylic acids is 1. The zero-order valence-electron chi connectivity index (χ0n) is 15.5. The van der Waals surface area contributed by atoms with Gasteiger partial charge in [-0.1, -0.05) is 19.3 Å². The van der Waals surface area contributed by atoms with E-state index in [-0.39, 0.29) is 6.54 Å². The fourth-order valence-corrected chi connectivity index (χ4v) is 4.13. The van der Waals surface area contributed by atoms with Crippen molar-refractivity contribution in [1.82, 2.24) is 10.2 Å². The van der Waals surface area contributed by atoms with Gasteiger partial charge < -0.3 is 15.5 Å². The lowest BCUT2D eigenvalue weighted by Gasteiger charge is -2.33. The monoisotopic (exact) mass is 382 g/mol. The first kappa shape index (κ1) is 19.5. The zero-order chi connectivity index (χ0) is 19.4. The summed E-state index contributed by atoms with van der Waals surface area (Å²) in [6.45, 7) is 1.67. The fourth-order valence-electron chi connectivity index (χ4n) is 4.13. The molecule has 148 valence electrons. The number of benzene rings is 1. The molecule has 1 spiro atoms. The first-order valence-corrected chi connectivity index (χ1v) is 9.33. The van der Waals surface area contributed by atoms with E-state index in [1.165, 1.54) is 32.1 Å². The van der Waals surface area contributed by atoms with Gasteiger partial charge in [0.2, 0.25) is 5.91 Å². The molecule has 3 rings (SSSR count). The number of hydrogen-bond donors (Lipinski definition) is 2. The van der Waals surface area contributed by atoms with E-state index < -0.39 is 29.0 Å². The van der Waals surface area contributed by atoms with E-state index in [1.54, 1.807) is 7.05 Å². The van der Waals surface area contributed by atoms with Crippen molar-refractivity contribution in [2.45, 2.75) is 38.5 Å². The molecule has 1 amide bonds. The SMILES string of the molecule is CN=C(NCC(=O)Nc1ccc(F)c(F)c1F)N1CCC2(CCCCC2)C1. The number of rotatable bonds is 3. The van der Waals surface area contributed by atoms with Gasteiger partial charge in [-0.15, -0.1) is 0 Å². The van der Waals surface area contributed by atoms with Crippen LogP contribution in [0.2, 0.25) is 0 Å². The van der Waals surface area contributed by atoms with E-state index in [0.29, 0.717) is 11.4 Å². The Balaban J connectivity index is 1.54. The summed E-state index contributed by atoms with van der Waals surface area (Å²) in [4.78, 5) is 18.4. The zero-order valence-corrected chi connectivity index (χ0v) is 15.5. The van der Waals surface area contributed by atoms with Crippen LogP contribution < -0.4 is 10.6 Å². The molecule has 0 radical (unpaired) electrons. The Morgan fingerprint density at radius 1 is 1.15 bits per heavy atom. The summed E-state index contributed by atoms with van der Waals surface area (Å²) in [6.07, 6.45) is 7.42. The summed E-state index contributed by atoms with van der Waals surface area (Å²) in [5.41, 5.74) is -0.0367. The van der Waals surface area contributed by atoms with Crippen LogP contribution >= 0.6 is 0 Å². The maximum Gasteiger partial charge on any atom is 0.243 e. The second-order valence-corrected chi connectivity index (χ2v) is 7.40. The summed E-state index contributed by atoms with van der Waals surface area (Å²) in [7, 11) is 1.65. The lowest BCUT2D eigenvalue weighted by atomic mass is 9.73. The molecule has 1 aliphatic heterocycles. The van der Waals surface area contributed by atoms with Crippen molar-refractivity contribution in [3.63, 3.8) is 0 Å². The molecule has 2 fully saturated rings. The quantitative estimate of drug-likeness (QED) is 0.479. The highest BCUT2D eigenvalue weighted by Gasteiger charge is 2.39. The van der Waals surface area contributed by atoms with Crippen LogP contribution in [0.4, 0.5) is 18.9 Å². The van der Waals surface area contributed by atoms with Crippen LogP contribution in [0.5, 0.6) is 0 Å². The van der Waals surface area contributed by atoms with Crippen molar-refractivity contribution in [3.8, 4) is 0 Å². The van der Waals surface area contributed by atoms with Crippen molar-refractivity contribution < 1.29 is 18.0 Å². The van der Waals surface area contributed by atoms with Crippen molar-refractivity contribution in [1.29, 1.82) is 0 Å². The van der Waals surface area contributed by atoms with Crippen LogP contribution in [0.25, 0.3) is 0 Å². The third-order valence-electron chi connectivity index (χ3n) is 5.58. The number of halogens is 3. The minimum absolute atomic E-state index is 0.144. The molecule has 2 aliphatic rings. The van der Waals surface area contributed by atoms with E-state index >= 15 is 0 Å². The lowest BCUT2D eigenvalue weighted by Crippen LogP contribution is -2.44. The molecule has 0 bridgehead atoms. The number of guanidine groups is 1. The number of amides is 1. The van der Waals surface area contributed by atoms with Crippen molar-refractivity contribution in [2.75, 3.05) is 32.0 Å². The number of likely N-dealkylation sites (tertiary alicyclic amines) is 1. The highest BCUT2D eigenvalue weighted by molar-refractivity contribution is 5.95. The van der Waals surface area contributed by atoms with Crippen LogP contribution in [-0.2, 0) is 4.79 Å². The Hall–Kier alpha value is -2.25. The van der Waals surface area contributed by atoms with Crippen molar-refractivity contribution in [2.24, 2.45) is 10.4 Å². The van der Waals surface area contributed by atoms with Gasteiger partial charge in [0.15, 0.2) is 23.4 Å². The molecule has 0 aromatic heterocycles. The highest BCUT2D eigenvalue weighted by Crippen LogP contribution is 2.43. The Morgan fingerprint density at radius 2 is 1.89 bits per heavy atom. The number of aliphatic imine (C=N–C) groups is 1. The van der Waals surface area contributed by atoms with Gasteiger partial charge >= 0.3 is 0 Å². The first-order valence-electron chi connectivity index (χ1n) is 9.33. The molecule has 0 unspecified atom stereocenters. The maximum atomic E-state index is 13.7. The van der Waals surface area contributed by atoms with Crippen molar-refractivity contribution in [3.05, 3.63) is 29.6 Å². The molecule has 1 heterocycles. The molecule has 5 nitrogen and oxygen atoms in total. The molecular formula is C19H25F3N4O. The Morgan fingerprint density at radius 3 is 2.59 bits per heavy atom. The maximum absolute atomic E-state index is 13.7. The van der Waals surface area contributed by atoms with E-state index in [1.807, 2.05) is 0 Å². The molecule has 2 N–H and O–H groups in total. The molecule has 1 saturated heterocycles. The van der Waals surface area contributed by atoms with Gasteiger partial charge in [0.1, 0.15) is 0 Å². The second-order valence-electron chi connectivity index (χ2n) is 7.40. The summed E-state index contributed by atoms with van der Waals surface area (Å²) in [5.74, 6) is -4.25. The normalized spacial score (nSPS) is 19.4. The minimum atomic E-state index is -1.61. The Bertz CT molecular complexity index is 732. The lowest BCUT2D eigenvalue weighted by molar-refractivity contribution is -0.115. The van der Waals surface area contributed by atoms with E-state index in [9.17, 15) is 18.0 Å². The summed E-state index contributed by atoms with van der Waals surface area (Å²) in [6, 6.07) is 1.77. The van der Waals surface area contributed by atoms with Crippen LogP contribution in [0, 0.1) is 22.9 Å². The smallest absolute Gasteiger partial charge is 0.243 e. The number of hydrogen-bond acceptors (Lipinski definition) is 2. The van der Waals surface area contributed by atoms with E-state index in [4.69, 9.17) is 0 Å². The molecule has 0 atom stereocenters. The summed E-state index contributed by atoms with van der Waals surface area (Å²) in [5, 5.41) is 5.22. The molecule has 27 heavy (non-hydrogen) atoms. The highest BCUT2D eigenvalue weighted by atomic mass is 19.2. The predicted molar refractivity (Wildman–Crippen MR) is 98.0 cm³/mol. The predicted octanol–water partition coefficient (Wildman–Crippen LogP) is 3.27. The number of nitrogens with zero attached hydrogens (tertiary/aromatic N) is 2. The van der Waals surface area contributed by atoms with Gasteiger partial charge in [0, 0.05) is 20.1 Å². The average Bonchev–Trinajstić information content (AvgIpc) is 3.06. The van der Waals surface area contributed by atoms with Crippen molar-refractivity contribution >= 4 is 17.6 Å². The third-order valence-corrected chi connectivity index (χ3v) is 5.58. The molecule has 8 heteroatoms. The summed E-state index contributed by atoms with van der Waals surface area (Å²) >= 11 is 0. The Labute approximate surface area is 157 Å². The standard InChI is InChI=1S/C19H25F3N4O/c1-23-18(26-10-9-19(12-26)7-3-2-4-8-19)24-11-15(27)25-14-6-5-13(20)16(21)17(14)22/h5-6H,2-4,7-12H2,1H3,(H,23,24)(H,25,27). The molecule has 1 aliphatic carbocycles. The van der Waals surface area contributed by atoms with Crippen LogP contribution in [0.3, 0.4) is 0 Å². The largest absolute Gasteiger partial charge is 0.347 e. The van der Waals surface area contributed by atoms with Gasteiger partial charge in [0.05, 0.1) is 12.2 Å². The van der Waals surface area contributed by atoms with Gasteiger partial charge in [-0.3, -0.25) is 9.79 Å². The van der Waals surface area contributed by atoms with Gasteiger partial charge in [-0.05, 0) is 36.8 Å². The number of anilines is 1. The first-order chi connectivity index (χ1) is 12.9. The fraction of sp³-hybridized carbons (Fsp3) is 0.579. The van der Waals surface area contributed by atoms with Crippen LogP contribution in [0.15, 0.2) is 17.1 Å². The van der Waals surface area contributed by atoms with E-state index in [0.717, 1.165) is 31.6 Å². The van der Waals surface area contributed by atoms with Gasteiger partial charge in [0.25, 0.3) is 0 Å². The average molecular weight is 382 g/mol. The van der Waals surface area contributed by atoms with Crippen LogP contribution in [-0.4, -0.2) is 43.4 Å². The number of nitrogens with one attached hydrogen (secondary N) is 2. The molecule has 1 aromatic carbocycles. The van der Waals surface area contributed by atoms with Crippen LogP contribution in [0.1, 0.15) is 38.5 Å². The third kappa shape index (κ3) is 4.36. The minimum Gasteiger partial charge on any atom is -0.347 e. The Kier molecular flexibility index (Phi) is 5.92. The summed E-state index contributed by atoms with van der Waals surface area (Å²) < 4.78 is 39.9.